The van der Waals surface area contributed by atoms with Crippen molar-refractivity contribution in [1.82, 2.24) is 14.5 Å². The Morgan fingerprint density at radius 1 is 1.18 bits per heavy atom. The number of hydrogen-bond donors (Lipinski definition) is 2. The fourth-order valence-electron chi connectivity index (χ4n) is 3.96. The molecular weight excluding hydrogens is 441 g/mol. The molecule has 34 heavy (non-hydrogen) atoms. The van der Waals surface area contributed by atoms with Crippen LogP contribution in [-0.4, -0.2) is 47.0 Å². The van der Waals surface area contributed by atoms with Crippen molar-refractivity contribution >= 4 is 33.8 Å². The summed E-state index contributed by atoms with van der Waals surface area (Å²) in [7, 11) is 1.74. The van der Waals surface area contributed by atoms with Gasteiger partial charge in [-0.2, -0.15) is 13.2 Å². The summed E-state index contributed by atoms with van der Waals surface area (Å²) in [5, 5.41) is 7.01. The van der Waals surface area contributed by atoms with Crippen LogP contribution in [0.5, 0.6) is 0 Å². The Hall–Kier alpha value is -3.49. The summed E-state index contributed by atoms with van der Waals surface area (Å²) in [6.45, 7) is 10.1. The van der Waals surface area contributed by atoms with E-state index in [2.05, 4.69) is 52.5 Å². The van der Waals surface area contributed by atoms with Crippen LogP contribution in [0.2, 0.25) is 0 Å². The number of alkyl halides is 3. The highest BCUT2D eigenvalue weighted by Crippen LogP contribution is 2.31. The van der Waals surface area contributed by atoms with Crippen LogP contribution < -0.4 is 10.6 Å². The fourth-order valence-corrected chi connectivity index (χ4v) is 3.96. The molecule has 9 heteroatoms. The summed E-state index contributed by atoms with van der Waals surface area (Å²) in [5.74, 6) is 0.309. The quantitative estimate of drug-likeness (QED) is 0.495. The molecule has 3 heterocycles. The fraction of sp³-hybridized carbons (Fsp3) is 0.360. The molecule has 0 saturated carbocycles. The maximum absolute atomic E-state index is 13.4. The van der Waals surface area contributed by atoms with Gasteiger partial charge in [-0.05, 0) is 45.0 Å². The highest BCUT2D eigenvalue weighted by molar-refractivity contribution is 6.14. The second-order valence-corrected chi connectivity index (χ2v) is 9.35. The van der Waals surface area contributed by atoms with Crippen molar-refractivity contribution < 1.29 is 13.2 Å². The molecule has 0 fully saturated rings. The van der Waals surface area contributed by atoms with Gasteiger partial charge < -0.3 is 19.8 Å². The second-order valence-electron chi connectivity index (χ2n) is 9.35. The molecule has 2 N–H and O–H groups in total. The molecule has 1 aromatic carbocycles. The van der Waals surface area contributed by atoms with Crippen molar-refractivity contribution in [3.63, 3.8) is 0 Å². The van der Waals surface area contributed by atoms with E-state index in [1.165, 1.54) is 4.57 Å². The van der Waals surface area contributed by atoms with Gasteiger partial charge in [-0.3, -0.25) is 4.99 Å². The number of aliphatic imine (C=N–C) groups is 2. The zero-order valence-corrected chi connectivity index (χ0v) is 19.8. The predicted molar refractivity (Wildman–Crippen MR) is 133 cm³/mol. The van der Waals surface area contributed by atoms with E-state index < -0.39 is 12.7 Å². The van der Waals surface area contributed by atoms with Crippen LogP contribution in [-0.2, 0) is 12.1 Å². The van der Waals surface area contributed by atoms with E-state index in [1.54, 1.807) is 25.2 Å². The Morgan fingerprint density at radius 2 is 1.94 bits per heavy atom. The molecule has 6 nitrogen and oxygen atoms in total. The minimum Gasteiger partial charge on any atom is -0.388 e. The molecule has 0 bridgehead atoms. The average Bonchev–Trinajstić information content (AvgIpc) is 3.49. The molecule has 1 aliphatic rings. The van der Waals surface area contributed by atoms with E-state index in [1.807, 2.05) is 24.5 Å². The lowest BCUT2D eigenvalue weighted by molar-refractivity contribution is -0.139. The van der Waals surface area contributed by atoms with Gasteiger partial charge in [-0.15, -0.1) is 0 Å². The summed E-state index contributed by atoms with van der Waals surface area (Å²) < 4.78 is 43.5. The first-order chi connectivity index (χ1) is 16.0. The van der Waals surface area contributed by atoms with E-state index in [9.17, 15) is 13.2 Å². The van der Waals surface area contributed by atoms with Gasteiger partial charge in [-0.25, -0.2) is 4.99 Å². The molecule has 0 amide bonds. The minimum absolute atomic E-state index is 0.0289. The van der Waals surface area contributed by atoms with Crippen molar-refractivity contribution in [3.8, 4) is 0 Å². The van der Waals surface area contributed by atoms with Crippen LogP contribution in [0.25, 0.3) is 16.6 Å². The number of benzene rings is 1. The summed E-state index contributed by atoms with van der Waals surface area (Å²) in [6, 6.07) is 8.96. The Kier molecular flexibility index (Phi) is 6.05. The third-order valence-corrected chi connectivity index (χ3v) is 5.78. The molecule has 0 atom stereocenters. The van der Waals surface area contributed by atoms with Crippen molar-refractivity contribution in [2.75, 3.05) is 25.5 Å². The first-order valence-electron chi connectivity index (χ1n) is 11.1. The molecule has 0 saturated heterocycles. The van der Waals surface area contributed by atoms with Crippen molar-refractivity contribution in [2.24, 2.45) is 9.98 Å². The number of fused-ring (bicyclic) bond motifs is 1. The molecule has 2 aromatic heterocycles. The number of halogens is 3. The Balaban J connectivity index is 1.55. The van der Waals surface area contributed by atoms with Gasteiger partial charge in [0.2, 0.25) is 0 Å². The Morgan fingerprint density at radius 3 is 2.59 bits per heavy atom. The molecule has 3 aromatic rings. The van der Waals surface area contributed by atoms with Crippen LogP contribution in [0.4, 0.5) is 18.9 Å². The van der Waals surface area contributed by atoms with E-state index in [4.69, 9.17) is 0 Å². The third kappa shape index (κ3) is 4.88. The smallest absolute Gasteiger partial charge is 0.388 e. The van der Waals surface area contributed by atoms with Crippen molar-refractivity contribution in [2.45, 2.75) is 39.0 Å². The van der Waals surface area contributed by atoms with Gasteiger partial charge in [0.05, 0.1) is 30.0 Å². The molecule has 0 radical (unpaired) electrons. The zero-order chi connectivity index (χ0) is 24.7. The lowest BCUT2D eigenvalue weighted by atomic mass is 10.1. The summed E-state index contributed by atoms with van der Waals surface area (Å²) >= 11 is 0. The molecule has 4 rings (SSSR count). The maximum atomic E-state index is 13.4. The van der Waals surface area contributed by atoms with Gasteiger partial charge in [0, 0.05) is 47.3 Å². The van der Waals surface area contributed by atoms with Crippen LogP contribution in [0.3, 0.4) is 0 Å². The number of amidine groups is 1. The minimum atomic E-state index is -4.37. The van der Waals surface area contributed by atoms with E-state index in [-0.39, 0.29) is 5.54 Å². The molecule has 0 spiro atoms. The third-order valence-electron chi connectivity index (χ3n) is 5.78. The first kappa shape index (κ1) is 23.7. The number of hydrogen-bond acceptors (Lipinski definition) is 4. The number of anilines is 1. The molecule has 180 valence electrons. The van der Waals surface area contributed by atoms with Crippen LogP contribution in [0.1, 0.15) is 32.0 Å². The van der Waals surface area contributed by atoms with Crippen LogP contribution in [0, 0.1) is 0 Å². The summed E-state index contributed by atoms with van der Waals surface area (Å²) in [6.07, 6.45) is -0.331. The first-order valence-corrected chi connectivity index (χ1v) is 11.1. The number of aromatic nitrogens is 2. The van der Waals surface area contributed by atoms with Crippen LogP contribution >= 0.6 is 0 Å². The lowest BCUT2D eigenvalue weighted by Crippen LogP contribution is -2.23. The Labute approximate surface area is 196 Å². The van der Waals surface area contributed by atoms with Gasteiger partial charge in [0.15, 0.2) is 5.84 Å². The van der Waals surface area contributed by atoms with Gasteiger partial charge >= 0.3 is 6.18 Å². The summed E-state index contributed by atoms with van der Waals surface area (Å²) in [4.78, 5) is 9.01. The van der Waals surface area contributed by atoms with Gasteiger partial charge in [0.1, 0.15) is 6.54 Å². The van der Waals surface area contributed by atoms with Crippen molar-refractivity contribution in [1.29, 1.82) is 0 Å². The second kappa shape index (κ2) is 8.70. The average molecular weight is 471 g/mol. The standard InChI is InChI=1S/C25H29F3N6/c1-16(17-9-10-33(14-17)24(2,3)4)30-12-18-13-31-23(32-18)22-11-19-20(29-5)7-6-8-21(19)34(22)15-25(26,27)28/h6-11,14,29-30H,1,12-13,15H2,2-5H3. The van der Waals surface area contributed by atoms with E-state index in [0.717, 1.165) is 22.7 Å². The highest BCUT2D eigenvalue weighted by atomic mass is 19.4. The number of nitrogens with zero attached hydrogens (tertiary/aromatic N) is 4. The topological polar surface area (TPSA) is 58.6 Å². The maximum Gasteiger partial charge on any atom is 0.406 e. The normalized spacial score (nSPS) is 14.3. The van der Waals surface area contributed by atoms with Gasteiger partial charge in [0.25, 0.3) is 0 Å². The Bertz CT molecular complexity index is 1280. The predicted octanol–water partition coefficient (Wildman–Crippen LogP) is 5.26. The van der Waals surface area contributed by atoms with Crippen molar-refractivity contribution in [3.05, 3.63) is 60.6 Å². The van der Waals surface area contributed by atoms with Crippen LogP contribution in [0.15, 0.2) is 59.3 Å². The monoisotopic (exact) mass is 470 g/mol. The zero-order valence-electron chi connectivity index (χ0n) is 19.8. The van der Waals surface area contributed by atoms with E-state index in [0.29, 0.717) is 35.5 Å². The number of rotatable bonds is 7. The largest absolute Gasteiger partial charge is 0.406 e. The molecular formula is C25H29F3N6. The molecule has 0 aliphatic carbocycles. The SMILES string of the molecule is C=C(NCC1=NC(c2cc3c(NC)cccc3n2CC(F)(F)F)=NC1)c1ccn(C(C)(C)C)c1. The van der Waals surface area contributed by atoms with E-state index >= 15 is 0 Å². The van der Waals surface area contributed by atoms with Gasteiger partial charge in [-0.1, -0.05) is 12.6 Å². The molecule has 0 unspecified atom stereocenters. The summed E-state index contributed by atoms with van der Waals surface area (Å²) in [5.41, 5.74) is 4.03. The lowest BCUT2D eigenvalue weighted by Gasteiger charge is -2.21. The highest BCUT2D eigenvalue weighted by Gasteiger charge is 2.31. The number of nitrogens with one attached hydrogen (secondary N) is 2. The molecule has 1 aliphatic heterocycles.